The van der Waals surface area contributed by atoms with Crippen LogP contribution in [0.15, 0.2) is 65.1 Å². The Labute approximate surface area is 147 Å². The van der Waals surface area contributed by atoms with Crippen LogP contribution in [0, 0.1) is 0 Å². The molecule has 1 aromatic heterocycles. The summed E-state index contributed by atoms with van der Waals surface area (Å²) in [7, 11) is 0. The number of carbonyl (C=O) groups is 1. The SMILES string of the molecule is O=C(O)CCCCCc1nc(-c2ccccc2)c(-c2ccccc2)o1. The monoisotopic (exact) mass is 335 g/mol. The number of hydrogen-bond acceptors (Lipinski definition) is 3. The van der Waals surface area contributed by atoms with E-state index >= 15 is 0 Å². The molecule has 0 aliphatic rings. The van der Waals surface area contributed by atoms with Crippen molar-refractivity contribution in [2.45, 2.75) is 32.1 Å². The number of carboxylic acid groups (broad SMARTS) is 1. The van der Waals surface area contributed by atoms with Gasteiger partial charge in [0.05, 0.1) is 0 Å². The summed E-state index contributed by atoms with van der Waals surface area (Å²) in [5, 5.41) is 8.69. The molecule has 0 atom stereocenters. The predicted octanol–water partition coefficient (Wildman–Crippen LogP) is 5.20. The molecule has 0 unspecified atom stereocenters. The third kappa shape index (κ3) is 4.57. The van der Waals surface area contributed by atoms with Crippen molar-refractivity contribution in [3.8, 4) is 22.6 Å². The maximum Gasteiger partial charge on any atom is 0.303 e. The third-order valence-corrected chi connectivity index (χ3v) is 4.04. The Morgan fingerprint density at radius 2 is 1.52 bits per heavy atom. The minimum atomic E-state index is -0.742. The molecule has 3 rings (SSSR count). The molecule has 25 heavy (non-hydrogen) atoms. The average molecular weight is 335 g/mol. The molecule has 128 valence electrons. The molecule has 0 fully saturated rings. The van der Waals surface area contributed by atoms with Crippen molar-refractivity contribution >= 4 is 5.97 Å². The van der Waals surface area contributed by atoms with E-state index in [1.165, 1.54) is 0 Å². The fourth-order valence-corrected chi connectivity index (χ4v) is 2.78. The van der Waals surface area contributed by atoms with Crippen LogP contribution >= 0.6 is 0 Å². The smallest absolute Gasteiger partial charge is 0.303 e. The van der Waals surface area contributed by atoms with Crippen LogP contribution < -0.4 is 0 Å². The Bertz CT molecular complexity index is 753. The normalized spacial score (nSPS) is 10.7. The Morgan fingerprint density at radius 1 is 0.880 bits per heavy atom. The predicted molar refractivity (Wildman–Crippen MR) is 97.2 cm³/mol. The number of benzene rings is 2. The fourth-order valence-electron chi connectivity index (χ4n) is 2.78. The van der Waals surface area contributed by atoms with Gasteiger partial charge in [0, 0.05) is 24.0 Å². The molecular formula is C21H21NO3. The molecule has 4 heteroatoms. The molecule has 0 aliphatic heterocycles. The number of hydrogen-bond donors (Lipinski definition) is 1. The van der Waals surface area contributed by atoms with Gasteiger partial charge in [-0.1, -0.05) is 67.1 Å². The largest absolute Gasteiger partial charge is 0.481 e. The van der Waals surface area contributed by atoms with Crippen molar-refractivity contribution in [1.29, 1.82) is 0 Å². The van der Waals surface area contributed by atoms with E-state index < -0.39 is 5.97 Å². The number of carboxylic acids is 1. The molecule has 4 nitrogen and oxygen atoms in total. The molecule has 0 saturated heterocycles. The van der Waals surface area contributed by atoms with Crippen molar-refractivity contribution in [1.82, 2.24) is 4.98 Å². The Kier molecular flexibility index (Phi) is 5.62. The first-order valence-electron chi connectivity index (χ1n) is 8.56. The summed E-state index contributed by atoms with van der Waals surface area (Å²) in [6.45, 7) is 0. The van der Waals surface area contributed by atoms with Crippen LogP contribution in [0.2, 0.25) is 0 Å². The molecule has 0 bridgehead atoms. The fraction of sp³-hybridized carbons (Fsp3) is 0.238. The second kappa shape index (κ2) is 8.29. The van der Waals surface area contributed by atoms with Gasteiger partial charge in [0.25, 0.3) is 0 Å². The molecular weight excluding hydrogens is 314 g/mol. The van der Waals surface area contributed by atoms with Gasteiger partial charge in [-0.25, -0.2) is 4.98 Å². The van der Waals surface area contributed by atoms with Crippen LogP contribution in [-0.4, -0.2) is 16.1 Å². The number of oxazole rings is 1. The van der Waals surface area contributed by atoms with Gasteiger partial charge in [-0.15, -0.1) is 0 Å². The summed E-state index contributed by atoms with van der Waals surface area (Å²) < 4.78 is 6.06. The lowest BCUT2D eigenvalue weighted by molar-refractivity contribution is -0.137. The minimum Gasteiger partial charge on any atom is -0.481 e. The second-order valence-corrected chi connectivity index (χ2v) is 5.97. The van der Waals surface area contributed by atoms with Crippen molar-refractivity contribution in [3.05, 3.63) is 66.6 Å². The first-order chi connectivity index (χ1) is 12.2. The van der Waals surface area contributed by atoms with Crippen LogP contribution in [0.4, 0.5) is 0 Å². The van der Waals surface area contributed by atoms with E-state index in [1.54, 1.807) is 0 Å². The molecule has 1 N–H and O–H groups in total. The van der Waals surface area contributed by atoms with Crippen molar-refractivity contribution in [2.24, 2.45) is 0 Å². The third-order valence-electron chi connectivity index (χ3n) is 4.04. The van der Waals surface area contributed by atoms with Gasteiger partial charge in [0.15, 0.2) is 11.7 Å². The Hall–Kier alpha value is -2.88. The summed E-state index contributed by atoms with van der Waals surface area (Å²) >= 11 is 0. The number of aliphatic carboxylic acids is 1. The van der Waals surface area contributed by atoms with E-state index in [-0.39, 0.29) is 6.42 Å². The molecule has 2 aromatic carbocycles. The maximum atomic E-state index is 10.6. The van der Waals surface area contributed by atoms with Crippen molar-refractivity contribution in [3.63, 3.8) is 0 Å². The highest BCUT2D eigenvalue weighted by molar-refractivity contribution is 5.76. The summed E-state index contributed by atoms with van der Waals surface area (Å²) in [6, 6.07) is 20.0. The molecule has 0 amide bonds. The summed E-state index contributed by atoms with van der Waals surface area (Å²) in [4.78, 5) is 15.3. The summed E-state index contributed by atoms with van der Waals surface area (Å²) in [6.07, 6.45) is 3.35. The van der Waals surface area contributed by atoms with Gasteiger partial charge in [-0.05, 0) is 12.8 Å². The van der Waals surface area contributed by atoms with Gasteiger partial charge in [-0.2, -0.15) is 0 Å². The lowest BCUT2D eigenvalue weighted by Gasteiger charge is -2.00. The molecule has 3 aromatic rings. The van der Waals surface area contributed by atoms with Crippen molar-refractivity contribution < 1.29 is 14.3 Å². The zero-order chi connectivity index (χ0) is 17.5. The number of unbranched alkanes of at least 4 members (excludes halogenated alkanes) is 2. The highest BCUT2D eigenvalue weighted by Crippen LogP contribution is 2.32. The first kappa shape index (κ1) is 17.0. The van der Waals surface area contributed by atoms with Gasteiger partial charge in [0.2, 0.25) is 0 Å². The molecule has 1 heterocycles. The Balaban J connectivity index is 1.79. The zero-order valence-electron chi connectivity index (χ0n) is 14.0. The van der Waals surface area contributed by atoms with Gasteiger partial charge in [0.1, 0.15) is 5.69 Å². The van der Waals surface area contributed by atoms with E-state index in [4.69, 9.17) is 14.5 Å². The quantitative estimate of drug-likeness (QED) is 0.575. The topological polar surface area (TPSA) is 63.3 Å². The van der Waals surface area contributed by atoms with Crippen LogP contribution in [-0.2, 0) is 11.2 Å². The first-order valence-corrected chi connectivity index (χ1v) is 8.56. The highest BCUT2D eigenvalue weighted by Gasteiger charge is 2.16. The number of aryl methyl sites for hydroxylation is 1. The molecule has 0 saturated carbocycles. The van der Waals surface area contributed by atoms with Crippen LogP contribution in [0.3, 0.4) is 0 Å². The van der Waals surface area contributed by atoms with E-state index in [9.17, 15) is 4.79 Å². The maximum absolute atomic E-state index is 10.6. The van der Waals surface area contributed by atoms with Crippen LogP contribution in [0.25, 0.3) is 22.6 Å². The van der Waals surface area contributed by atoms with E-state index in [2.05, 4.69) is 0 Å². The van der Waals surface area contributed by atoms with E-state index in [0.717, 1.165) is 35.4 Å². The van der Waals surface area contributed by atoms with Gasteiger partial charge >= 0.3 is 5.97 Å². The van der Waals surface area contributed by atoms with Crippen molar-refractivity contribution in [2.75, 3.05) is 0 Å². The Morgan fingerprint density at radius 3 is 2.16 bits per heavy atom. The summed E-state index contributed by atoms with van der Waals surface area (Å²) in [5.41, 5.74) is 2.89. The molecule has 0 aliphatic carbocycles. The lowest BCUT2D eigenvalue weighted by Crippen LogP contribution is -1.94. The average Bonchev–Trinajstić information content (AvgIpc) is 3.07. The van der Waals surface area contributed by atoms with E-state index in [0.29, 0.717) is 18.7 Å². The number of rotatable bonds is 8. The minimum absolute atomic E-state index is 0.218. The van der Waals surface area contributed by atoms with Crippen LogP contribution in [0.5, 0.6) is 0 Å². The summed E-state index contributed by atoms with van der Waals surface area (Å²) in [5.74, 6) is 0.745. The molecule has 0 radical (unpaired) electrons. The van der Waals surface area contributed by atoms with Gasteiger partial charge < -0.3 is 9.52 Å². The highest BCUT2D eigenvalue weighted by atomic mass is 16.4. The standard InChI is InChI=1S/C21H21NO3/c23-19(24)15-9-3-8-14-18-22-20(16-10-4-1-5-11-16)21(25-18)17-12-6-2-7-13-17/h1-2,4-7,10-13H,3,8-9,14-15H2,(H,23,24). The number of aromatic nitrogens is 1. The van der Waals surface area contributed by atoms with Crippen LogP contribution in [0.1, 0.15) is 31.6 Å². The molecule has 0 spiro atoms. The number of nitrogens with zero attached hydrogens (tertiary/aromatic N) is 1. The second-order valence-electron chi connectivity index (χ2n) is 5.97. The lowest BCUT2D eigenvalue weighted by atomic mass is 10.1. The van der Waals surface area contributed by atoms with E-state index in [1.807, 2.05) is 60.7 Å². The van der Waals surface area contributed by atoms with Gasteiger partial charge in [-0.3, -0.25) is 4.79 Å². The zero-order valence-corrected chi connectivity index (χ0v) is 14.0.